The van der Waals surface area contributed by atoms with E-state index in [4.69, 9.17) is 5.73 Å². The largest absolute Gasteiger partial charge is 0.349 e. The minimum Gasteiger partial charge on any atom is -0.349 e. The van der Waals surface area contributed by atoms with E-state index in [9.17, 15) is 17.6 Å². The second-order valence-electron chi connectivity index (χ2n) is 5.75. The monoisotopic (exact) mass is 380 g/mol. The van der Waals surface area contributed by atoms with Gasteiger partial charge in [-0.2, -0.15) is 0 Å². The van der Waals surface area contributed by atoms with Crippen molar-refractivity contribution in [3.8, 4) is 0 Å². The van der Waals surface area contributed by atoms with Crippen molar-refractivity contribution in [3.05, 3.63) is 30.1 Å². The number of nitrogens with two attached hydrogens (primary N) is 1. The van der Waals surface area contributed by atoms with Gasteiger partial charge in [0.1, 0.15) is 5.82 Å². The molecule has 1 aromatic rings. The number of carbonyl (C=O) groups excluding carboxylic acids is 1. The molecule has 8 heteroatoms. The zero-order chi connectivity index (χ0) is 17.7. The summed E-state index contributed by atoms with van der Waals surface area (Å²) in [5.41, 5.74) is 5.23. The lowest BCUT2D eigenvalue weighted by Gasteiger charge is -2.31. The molecule has 0 saturated carbocycles. The highest BCUT2D eigenvalue weighted by atomic mass is 35.5. The molecule has 0 spiro atoms. The number of benzene rings is 1. The lowest BCUT2D eigenvalue weighted by atomic mass is 9.92. The second kappa shape index (κ2) is 9.34. The Morgan fingerprint density at radius 3 is 2.17 bits per heavy atom. The minimum absolute atomic E-state index is 0. The molecule has 0 saturated heterocycles. The molecule has 0 aliphatic rings. The molecule has 0 fully saturated rings. The summed E-state index contributed by atoms with van der Waals surface area (Å²) in [5, 5.41) is 1.95. The van der Waals surface area contributed by atoms with Crippen molar-refractivity contribution in [2.45, 2.75) is 55.7 Å². The van der Waals surface area contributed by atoms with Gasteiger partial charge >= 0.3 is 0 Å². The van der Waals surface area contributed by atoms with E-state index in [1.807, 2.05) is 13.8 Å². The van der Waals surface area contributed by atoms with Crippen molar-refractivity contribution in [1.29, 1.82) is 0 Å². The molecule has 0 radical (unpaired) electrons. The molecule has 1 aromatic carbocycles. The van der Waals surface area contributed by atoms with Crippen LogP contribution in [0.2, 0.25) is 0 Å². The van der Waals surface area contributed by atoms with Gasteiger partial charge in [0.05, 0.1) is 15.7 Å². The zero-order valence-corrected chi connectivity index (χ0v) is 15.8. The maximum Gasteiger partial charge on any atom is 0.221 e. The fourth-order valence-electron chi connectivity index (χ4n) is 2.34. The van der Waals surface area contributed by atoms with E-state index < -0.39 is 26.4 Å². The number of amides is 1. The Labute approximate surface area is 149 Å². The van der Waals surface area contributed by atoms with E-state index in [1.165, 1.54) is 19.1 Å². The summed E-state index contributed by atoms with van der Waals surface area (Å²) >= 11 is 0. The predicted octanol–water partition coefficient (Wildman–Crippen LogP) is 2.43. The molecule has 1 unspecified atom stereocenters. The number of halogens is 2. The third-order valence-electron chi connectivity index (χ3n) is 4.29. The molecule has 0 aliphatic heterocycles. The Balaban J connectivity index is 0.00000529. The Morgan fingerprint density at radius 2 is 1.75 bits per heavy atom. The Kier molecular flexibility index (Phi) is 8.88. The lowest BCUT2D eigenvalue weighted by molar-refractivity contribution is -0.123. The first-order chi connectivity index (χ1) is 10.7. The van der Waals surface area contributed by atoms with Crippen LogP contribution in [-0.2, 0) is 14.6 Å². The first-order valence-corrected chi connectivity index (χ1v) is 9.26. The van der Waals surface area contributed by atoms with E-state index >= 15 is 0 Å². The molecular weight excluding hydrogens is 355 g/mol. The second-order valence-corrected chi connectivity index (χ2v) is 8.12. The van der Waals surface area contributed by atoms with Gasteiger partial charge in [-0.3, -0.25) is 4.79 Å². The topological polar surface area (TPSA) is 89.3 Å². The standard InChI is InChI=1S/C16H25FN2O3S.ClH/c1-4-16(5-2,11-18)19-15(20)10-12(3)23(21,22)14-8-6-13(17)7-9-14;/h6-9,12H,4-5,10-11,18H2,1-3H3,(H,19,20);1H. The third-order valence-corrected chi connectivity index (χ3v) is 6.45. The number of nitrogens with one attached hydrogen (secondary N) is 1. The summed E-state index contributed by atoms with van der Waals surface area (Å²) in [4.78, 5) is 12.2. The first-order valence-electron chi connectivity index (χ1n) is 7.71. The molecule has 5 nitrogen and oxygen atoms in total. The fourth-order valence-corrected chi connectivity index (χ4v) is 3.69. The molecular formula is C16H26ClFN2O3S. The zero-order valence-electron chi connectivity index (χ0n) is 14.2. The maximum absolute atomic E-state index is 12.9. The summed E-state index contributed by atoms with van der Waals surface area (Å²) in [6, 6.07) is 4.60. The molecule has 0 bridgehead atoms. The highest BCUT2D eigenvalue weighted by molar-refractivity contribution is 7.92. The summed E-state index contributed by atoms with van der Waals surface area (Å²) < 4.78 is 37.8. The van der Waals surface area contributed by atoms with Crippen LogP contribution in [0.3, 0.4) is 0 Å². The van der Waals surface area contributed by atoms with Crippen molar-refractivity contribution < 1.29 is 17.6 Å². The van der Waals surface area contributed by atoms with Gasteiger partial charge in [0, 0.05) is 13.0 Å². The van der Waals surface area contributed by atoms with Crippen molar-refractivity contribution in [3.63, 3.8) is 0 Å². The molecule has 1 amide bonds. The van der Waals surface area contributed by atoms with Crippen LogP contribution in [0.1, 0.15) is 40.0 Å². The van der Waals surface area contributed by atoms with Crippen molar-refractivity contribution in [2.24, 2.45) is 5.73 Å². The van der Waals surface area contributed by atoms with Gasteiger partial charge in [0.2, 0.25) is 5.91 Å². The number of hydrogen-bond donors (Lipinski definition) is 2. The number of hydrogen-bond acceptors (Lipinski definition) is 4. The SMILES string of the molecule is CCC(CC)(CN)NC(=O)CC(C)S(=O)(=O)c1ccc(F)cc1.Cl. The predicted molar refractivity (Wildman–Crippen MR) is 95.4 cm³/mol. The highest BCUT2D eigenvalue weighted by Crippen LogP contribution is 2.20. The van der Waals surface area contributed by atoms with Crippen LogP contribution in [0.5, 0.6) is 0 Å². The Bertz CT molecular complexity index is 623. The average molecular weight is 381 g/mol. The number of carbonyl (C=O) groups is 1. The molecule has 0 heterocycles. The molecule has 3 N–H and O–H groups in total. The van der Waals surface area contributed by atoms with Gasteiger partial charge in [-0.1, -0.05) is 13.8 Å². The summed E-state index contributed by atoms with van der Waals surface area (Å²) in [6.45, 7) is 5.62. The van der Waals surface area contributed by atoms with Crippen LogP contribution in [0.25, 0.3) is 0 Å². The number of sulfone groups is 1. The van der Waals surface area contributed by atoms with Crippen LogP contribution < -0.4 is 11.1 Å². The van der Waals surface area contributed by atoms with E-state index in [1.54, 1.807) is 0 Å². The Morgan fingerprint density at radius 1 is 1.25 bits per heavy atom. The van der Waals surface area contributed by atoms with Crippen LogP contribution in [-0.4, -0.2) is 31.7 Å². The quantitative estimate of drug-likeness (QED) is 0.678. The average Bonchev–Trinajstić information content (AvgIpc) is 2.53. The van der Waals surface area contributed by atoms with Gasteiger partial charge in [-0.25, -0.2) is 12.8 Å². The minimum atomic E-state index is -3.69. The van der Waals surface area contributed by atoms with Gasteiger partial charge in [0.25, 0.3) is 0 Å². The maximum atomic E-state index is 12.9. The van der Waals surface area contributed by atoms with Crippen LogP contribution >= 0.6 is 12.4 Å². The smallest absolute Gasteiger partial charge is 0.221 e. The van der Waals surface area contributed by atoms with E-state index in [2.05, 4.69) is 5.32 Å². The molecule has 0 aromatic heterocycles. The first kappa shape index (κ1) is 22.8. The molecule has 138 valence electrons. The van der Waals surface area contributed by atoms with Crippen LogP contribution in [0.4, 0.5) is 4.39 Å². The highest BCUT2D eigenvalue weighted by Gasteiger charge is 2.30. The summed E-state index contributed by atoms with van der Waals surface area (Å²) in [6.07, 6.45) is 1.18. The van der Waals surface area contributed by atoms with E-state index in [0.717, 1.165) is 12.1 Å². The number of rotatable bonds is 8. The fraction of sp³-hybridized carbons (Fsp3) is 0.562. The Hall–Kier alpha value is -1.18. The van der Waals surface area contributed by atoms with Gasteiger partial charge in [-0.15, -0.1) is 12.4 Å². The summed E-state index contributed by atoms with van der Waals surface area (Å²) in [5.74, 6) is -0.856. The van der Waals surface area contributed by atoms with Crippen molar-refractivity contribution in [1.82, 2.24) is 5.32 Å². The molecule has 24 heavy (non-hydrogen) atoms. The van der Waals surface area contributed by atoms with Crippen molar-refractivity contribution in [2.75, 3.05) is 6.54 Å². The molecule has 1 rings (SSSR count). The molecule has 0 aliphatic carbocycles. The van der Waals surface area contributed by atoms with Gasteiger partial charge in [0.15, 0.2) is 9.84 Å². The normalized spacial score (nSPS) is 13.0. The molecule has 1 atom stereocenters. The van der Waals surface area contributed by atoms with Crippen molar-refractivity contribution >= 4 is 28.2 Å². The van der Waals surface area contributed by atoms with Crippen LogP contribution in [0.15, 0.2) is 29.2 Å². The van der Waals surface area contributed by atoms with Gasteiger partial charge < -0.3 is 11.1 Å². The summed E-state index contributed by atoms with van der Waals surface area (Å²) in [7, 11) is -3.69. The van der Waals surface area contributed by atoms with E-state index in [0.29, 0.717) is 19.4 Å². The van der Waals surface area contributed by atoms with Gasteiger partial charge in [-0.05, 0) is 44.0 Å². The lowest BCUT2D eigenvalue weighted by Crippen LogP contribution is -2.53. The van der Waals surface area contributed by atoms with E-state index in [-0.39, 0.29) is 29.6 Å². The van der Waals surface area contributed by atoms with Crippen LogP contribution in [0, 0.1) is 5.82 Å². The third kappa shape index (κ3) is 5.43.